The van der Waals surface area contributed by atoms with Crippen molar-refractivity contribution in [2.75, 3.05) is 6.61 Å². The molecule has 25 heavy (non-hydrogen) atoms. The second-order valence-corrected chi connectivity index (χ2v) is 6.33. The molecule has 130 valence electrons. The van der Waals surface area contributed by atoms with Crippen molar-refractivity contribution < 1.29 is 9.53 Å². The van der Waals surface area contributed by atoms with Gasteiger partial charge in [0, 0.05) is 30.6 Å². The molecule has 0 saturated heterocycles. The van der Waals surface area contributed by atoms with E-state index >= 15 is 0 Å². The van der Waals surface area contributed by atoms with Crippen LogP contribution in [-0.2, 0) is 23.0 Å². The van der Waals surface area contributed by atoms with Crippen LogP contribution >= 0.6 is 0 Å². The van der Waals surface area contributed by atoms with Crippen molar-refractivity contribution in [3.63, 3.8) is 0 Å². The molecule has 0 saturated carbocycles. The average molecular weight is 338 g/mol. The molecule has 0 radical (unpaired) electrons. The van der Waals surface area contributed by atoms with Crippen LogP contribution < -0.4 is 0 Å². The van der Waals surface area contributed by atoms with E-state index in [1.165, 1.54) is 0 Å². The Morgan fingerprint density at radius 3 is 2.84 bits per heavy atom. The molecule has 6 nitrogen and oxygen atoms in total. The molecule has 0 atom stereocenters. The van der Waals surface area contributed by atoms with Crippen molar-refractivity contribution in [1.29, 1.82) is 0 Å². The van der Waals surface area contributed by atoms with Crippen molar-refractivity contribution in [3.05, 3.63) is 42.7 Å². The Hall–Kier alpha value is -2.60. The monoisotopic (exact) mass is 338 g/mol. The predicted molar refractivity (Wildman–Crippen MR) is 96.2 cm³/mol. The van der Waals surface area contributed by atoms with E-state index in [-0.39, 0.29) is 18.3 Å². The summed E-state index contributed by atoms with van der Waals surface area (Å²) < 4.78 is 7.38. The Morgan fingerprint density at radius 1 is 1.28 bits per heavy atom. The highest BCUT2D eigenvalue weighted by molar-refractivity contribution is 5.84. The quantitative estimate of drug-likeness (QED) is 0.662. The zero-order chi connectivity index (χ0) is 17.8. The van der Waals surface area contributed by atoms with Gasteiger partial charge in [-0.05, 0) is 19.9 Å². The standard InChI is InChI=1S/C19H22N4O2/c1-13(2)25-7-6-16(24)9-19-21-10-15-5-4-14(8-17(15)22-19)18-11-20-12-23(18)3/h4-5,8,10-13H,6-7,9H2,1-3H3. The molecule has 3 rings (SSSR count). The highest BCUT2D eigenvalue weighted by Gasteiger charge is 2.09. The van der Waals surface area contributed by atoms with Gasteiger partial charge in [-0.3, -0.25) is 4.79 Å². The van der Waals surface area contributed by atoms with Crippen molar-refractivity contribution in [1.82, 2.24) is 19.5 Å². The molecule has 2 heterocycles. The van der Waals surface area contributed by atoms with Crippen LogP contribution in [0.2, 0.25) is 0 Å². The maximum atomic E-state index is 12.1. The maximum absolute atomic E-state index is 12.1. The molecule has 0 aliphatic rings. The van der Waals surface area contributed by atoms with Gasteiger partial charge in [0.05, 0.1) is 42.9 Å². The normalized spacial score (nSPS) is 11.4. The Labute approximate surface area is 146 Å². The van der Waals surface area contributed by atoms with Crippen LogP contribution in [0.4, 0.5) is 0 Å². The molecule has 0 unspecified atom stereocenters. The Balaban J connectivity index is 1.77. The molecule has 0 aliphatic heterocycles. The highest BCUT2D eigenvalue weighted by atomic mass is 16.5. The number of imidazole rings is 1. The Bertz CT molecular complexity index is 886. The molecule has 2 aromatic heterocycles. The van der Waals surface area contributed by atoms with Crippen LogP contribution in [0.5, 0.6) is 0 Å². The van der Waals surface area contributed by atoms with Gasteiger partial charge in [-0.15, -0.1) is 0 Å². The van der Waals surface area contributed by atoms with Gasteiger partial charge in [-0.1, -0.05) is 12.1 Å². The van der Waals surface area contributed by atoms with Gasteiger partial charge in [0.2, 0.25) is 0 Å². The average Bonchev–Trinajstić information content (AvgIpc) is 3.00. The van der Waals surface area contributed by atoms with E-state index in [9.17, 15) is 4.79 Å². The van der Waals surface area contributed by atoms with Crippen LogP contribution in [0.3, 0.4) is 0 Å². The predicted octanol–water partition coefficient (Wildman–Crippen LogP) is 2.96. The lowest BCUT2D eigenvalue weighted by Gasteiger charge is -2.07. The summed E-state index contributed by atoms with van der Waals surface area (Å²) in [4.78, 5) is 25.1. The van der Waals surface area contributed by atoms with Gasteiger partial charge in [-0.25, -0.2) is 15.0 Å². The summed E-state index contributed by atoms with van der Waals surface area (Å²) in [7, 11) is 1.95. The van der Waals surface area contributed by atoms with Crippen LogP contribution in [0.25, 0.3) is 22.2 Å². The molecule has 0 aliphatic carbocycles. The van der Waals surface area contributed by atoms with Crippen molar-refractivity contribution in [2.45, 2.75) is 32.8 Å². The fourth-order valence-corrected chi connectivity index (χ4v) is 2.61. The fraction of sp³-hybridized carbons (Fsp3) is 0.368. The number of ether oxygens (including phenoxy) is 1. The number of carbonyl (C=O) groups is 1. The van der Waals surface area contributed by atoms with Gasteiger partial charge in [0.25, 0.3) is 0 Å². The maximum Gasteiger partial charge on any atom is 0.142 e. The number of fused-ring (bicyclic) bond motifs is 1. The number of hydrogen-bond donors (Lipinski definition) is 0. The minimum absolute atomic E-state index is 0.0859. The number of nitrogens with zero attached hydrogens (tertiary/aromatic N) is 4. The lowest BCUT2D eigenvalue weighted by molar-refractivity contribution is -0.119. The smallest absolute Gasteiger partial charge is 0.142 e. The van der Waals surface area contributed by atoms with Crippen molar-refractivity contribution in [2.24, 2.45) is 7.05 Å². The number of hydrogen-bond acceptors (Lipinski definition) is 5. The van der Waals surface area contributed by atoms with Crippen LogP contribution in [0.15, 0.2) is 36.9 Å². The molecule has 0 fully saturated rings. The second-order valence-electron chi connectivity index (χ2n) is 6.33. The number of aromatic nitrogens is 4. The molecule has 0 amide bonds. The lowest BCUT2D eigenvalue weighted by atomic mass is 10.1. The van der Waals surface area contributed by atoms with E-state index in [2.05, 4.69) is 15.0 Å². The largest absolute Gasteiger partial charge is 0.378 e. The second kappa shape index (κ2) is 7.53. The van der Waals surface area contributed by atoms with Gasteiger partial charge in [-0.2, -0.15) is 0 Å². The third-order valence-electron chi connectivity index (χ3n) is 3.93. The Morgan fingerprint density at radius 2 is 2.12 bits per heavy atom. The van der Waals surface area contributed by atoms with Crippen molar-refractivity contribution in [3.8, 4) is 11.3 Å². The molecule has 0 spiro atoms. The van der Waals surface area contributed by atoms with Gasteiger partial charge >= 0.3 is 0 Å². The third-order valence-corrected chi connectivity index (χ3v) is 3.93. The first kappa shape index (κ1) is 17.2. The summed E-state index contributed by atoms with van der Waals surface area (Å²) in [6.45, 7) is 4.35. The van der Waals surface area contributed by atoms with Gasteiger partial charge in [0.15, 0.2) is 0 Å². The summed E-state index contributed by atoms with van der Waals surface area (Å²) in [6, 6.07) is 6.01. The van der Waals surface area contributed by atoms with Crippen molar-refractivity contribution >= 4 is 16.7 Å². The first-order valence-corrected chi connectivity index (χ1v) is 8.38. The van der Waals surface area contributed by atoms with Crippen LogP contribution in [0, 0.1) is 0 Å². The van der Waals surface area contributed by atoms with E-state index in [1.807, 2.05) is 49.9 Å². The molecule has 0 N–H and O–H groups in total. The number of aryl methyl sites for hydroxylation is 1. The zero-order valence-corrected chi connectivity index (χ0v) is 14.8. The van der Waals surface area contributed by atoms with Gasteiger partial charge < -0.3 is 9.30 Å². The number of rotatable bonds is 7. The molecular weight excluding hydrogens is 316 g/mol. The summed E-state index contributed by atoms with van der Waals surface area (Å²) >= 11 is 0. The minimum Gasteiger partial charge on any atom is -0.378 e. The number of ketones is 1. The van der Waals surface area contributed by atoms with E-state index in [1.54, 1.807) is 12.5 Å². The van der Waals surface area contributed by atoms with Crippen LogP contribution in [0.1, 0.15) is 26.1 Å². The molecule has 0 bridgehead atoms. The van der Waals surface area contributed by atoms with E-state index < -0.39 is 0 Å². The number of benzene rings is 1. The van der Waals surface area contributed by atoms with Gasteiger partial charge in [0.1, 0.15) is 11.6 Å². The summed E-state index contributed by atoms with van der Waals surface area (Å²) in [5.41, 5.74) is 2.88. The minimum atomic E-state index is 0.0859. The van der Waals surface area contributed by atoms with Crippen LogP contribution in [-0.4, -0.2) is 38.0 Å². The first-order chi connectivity index (χ1) is 12.0. The molecule has 3 aromatic rings. The lowest BCUT2D eigenvalue weighted by Crippen LogP contribution is -2.12. The zero-order valence-electron chi connectivity index (χ0n) is 14.8. The first-order valence-electron chi connectivity index (χ1n) is 8.38. The highest BCUT2D eigenvalue weighted by Crippen LogP contribution is 2.22. The summed E-state index contributed by atoms with van der Waals surface area (Å²) in [5, 5.41) is 0.949. The fourth-order valence-electron chi connectivity index (χ4n) is 2.61. The molecule has 6 heteroatoms. The van der Waals surface area contributed by atoms with E-state index in [0.29, 0.717) is 18.9 Å². The summed E-state index contributed by atoms with van der Waals surface area (Å²) in [5.74, 6) is 0.631. The Kier molecular flexibility index (Phi) is 5.19. The number of Topliss-reactive ketones (excluding diaryl/α,β-unsaturated/α-hetero) is 1. The summed E-state index contributed by atoms with van der Waals surface area (Å²) in [6.07, 6.45) is 6.10. The topological polar surface area (TPSA) is 69.9 Å². The third kappa shape index (κ3) is 4.28. The molecular formula is C19H22N4O2. The molecule has 1 aromatic carbocycles. The number of carbonyl (C=O) groups excluding carboxylic acids is 1. The van der Waals surface area contributed by atoms with E-state index in [4.69, 9.17) is 4.74 Å². The van der Waals surface area contributed by atoms with E-state index in [0.717, 1.165) is 22.2 Å². The SMILES string of the molecule is CC(C)OCCC(=O)Cc1ncc2ccc(-c3cncn3C)cc2n1.